The molecule has 15 heavy (non-hydrogen) atoms. The molecule has 0 bridgehead atoms. The van der Waals surface area contributed by atoms with Gasteiger partial charge in [-0.2, -0.15) is 0 Å². The average Bonchev–Trinajstić information content (AvgIpc) is 2.30. The Labute approximate surface area is 95.0 Å². The molecule has 1 heterocycles. The highest BCUT2D eigenvalue weighted by Crippen LogP contribution is 2.51. The van der Waals surface area contributed by atoms with E-state index in [0.29, 0.717) is 0 Å². The van der Waals surface area contributed by atoms with Crippen LogP contribution in [-0.4, -0.2) is 0 Å². The number of allylic oxidation sites excluding steroid dienone is 3. The molecule has 1 atom stereocenters. The van der Waals surface area contributed by atoms with Gasteiger partial charge in [0.2, 0.25) is 7.50 Å². The zero-order valence-corrected chi connectivity index (χ0v) is 9.76. The molecule has 0 saturated heterocycles. The Morgan fingerprint density at radius 2 is 2.13 bits per heavy atom. The molecule has 0 fully saturated rings. The smallest absolute Gasteiger partial charge is 0.215 e. The predicted molar refractivity (Wildman–Crippen MR) is 65.2 cm³/mol. The summed E-state index contributed by atoms with van der Waals surface area (Å²) in [7, 11) is -0.988. The maximum absolute atomic E-state index is 6.24. The second-order valence-electron chi connectivity index (χ2n) is 3.64. The van der Waals surface area contributed by atoms with Crippen LogP contribution in [0.1, 0.15) is 18.4 Å². The van der Waals surface area contributed by atoms with Crippen LogP contribution in [0.15, 0.2) is 42.2 Å². The van der Waals surface area contributed by atoms with Crippen LogP contribution in [0.25, 0.3) is 5.57 Å². The van der Waals surface area contributed by atoms with E-state index in [4.69, 9.17) is 15.8 Å². The van der Waals surface area contributed by atoms with Crippen LogP contribution in [0, 0.1) is 0 Å². The number of fused-ring (bicyclic) bond motifs is 2. The van der Waals surface area contributed by atoms with Gasteiger partial charge in [0.05, 0.1) is 0 Å². The van der Waals surface area contributed by atoms with Gasteiger partial charge < -0.3 is 4.52 Å². The van der Waals surface area contributed by atoms with Gasteiger partial charge in [0.15, 0.2) is 0 Å². The van der Waals surface area contributed by atoms with Crippen LogP contribution < -0.4 is 5.30 Å². The highest BCUT2D eigenvalue weighted by molar-refractivity contribution is 7.86. The molecule has 0 radical (unpaired) electrons. The molecule has 1 aliphatic carbocycles. The second kappa shape index (κ2) is 3.66. The van der Waals surface area contributed by atoms with Gasteiger partial charge >= 0.3 is 0 Å². The van der Waals surface area contributed by atoms with Gasteiger partial charge in [0.25, 0.3) is 0 Å². The zero-order valence-electron chi connectivity index (χ0n) is 8.11. The first-order valence-electron chi connectivity index (χ1n) is 4.99. The fraction of sp³-hybridized carbons (Fsp3) is 0.167. The highest BCUT2D eigenvalue weighted by atomic mass is 35.7. The third kappa shape index (κ3) is 1.51. The van der Waals surface area contributed by atoms with E-state index < -0.39 is 7.50 Å². The molecule has 3 rings (SSSR count). The van der Waals surface area contributed by atoms with Gasteiger partial charge in [-0.15, -0.1) is 0 Å². The Bertz CT molecular complexity index is 464. The Morgan fingerprint density at radius 1 is 1.27 bits per heavy atom. The van der Waals surface area contributed by atoms with Crippen LogP contribution in [0.4, 0.5) is 0 Å². The van der Waals surface area contributed by atoms with Crippen LogP contribution in [0.2, 0.25) is 0 Å². The summed E-state index contributed by atoms with van der Waals surface area (Å²) in [5, 5.41) is 1.16. The monoisotopic (exact) mass is 236 g/mol. The molecule has 1 aromatic carbocycles. The first-order chi connectivity index (χ1) is 7.36. The number of halogens is 1. The molecule has 1 nitrogen and oxygen atoms in total. The fourth-order valence-corrected chi connectivity index (χ4v) is 3.72. The predicted octanol–water partition coefficient (Wildman–Crippen LogP) is 3.95. The van der Waals surface area contributed by atoms with Crippen molar-refractivity contribution in [2.45, 2.75) is 12.8 Å². The van der Waals surface area contributed by atoms with Gasteiger partial charge in [-0.05, 0) is 41.8 Å². The summed E-state index contributed by atoms with van der Waals surface area (Å²) in [5.74, 6) is 0.973. The molecule has 2 aliphatic rings. The standard InChI is InChI=1S/C12H10ClOP/c13-15-12-8-4-2-6-10(12)9-5-1-3-7-11(9)14-15/h2-4,6-8H,1,5H2. The van der Waals surface area contributed by atoms with Crippen molar-refractivity contribution in [3.63, 3.8) is 0 Å². The number of hydrogen-bond donors (Lipinski definition) is 0. The minimum atomic E-state index is -0.988. The van der Waals surface area contributed by atoms with Crippen LogP contribution in [0.5, 0.6) is 0 Å². The van der Waals surface area contributed by atoms with Crippen molar-refractivity contribution in [2.75, 3.05) is 0 Å². The molecule has 0 amide bonds. The van der Waals surface area contributed by atoms with E-state index >= 15 is 0 Å². The summed E-state index contributed by atoms with van der Waals surface area (Å²) in [6.07, 6.45) is 6.35. The third-order valence-electron chi connectivity index (χ3n) is 2.72. The van der Waals surface area contributed by atoms with E-state index in [1.165, 1.54) is 11.1 Å². The quantitative estimate of drug-likeness (QED) is 0.620. The van der Waals surface area contributed by atoms with Crippen molar-refractivity contribution < 1.29 is 4.52 Å². The van der Waals surface area contributed by atoms with E-state index in [2.05, 4.69) is 24.3 Å². The molecule has 76 valence electrons. The summed E-state index contributed by atoms with van der Waals surface area (Å²) < 4.78 is 5.74. The largest absolute Gasteiger partial charge is 0.453 e. The zero-order chi connectivity index (χ0) is 10.3. The summed E-state index contributed by atoms with van der Waals surface area (Å²) >= 11 is 6.24. The molecule has 0 aromatic heterocycles. The molecule has 1 aromatic rings. The van der Waals surface area contributed by atoms with Crippen LogP contribution in [0.3, 0.4) is 0 Å². The Kier molecular flexibility index (Phi) is 2.31. The first kappa shape index (κ1) is 9.45. The average molecular weight is 237 g/mol. The minimum Gasteiger partial charge on any atom is -0.453 e. The molecular weight excluding hydrogens is 227 g/mol. The molecular formula is C12H10ClOP. The van der Waals surface area contributed by atoms with Crippen molar-refractivity contribution in [2.24, 2.45) is 0 Å². The minimum absolute atomic E-state index is 0.973. The van der Waals surface area contributed by atoms with E-state index in [0.717, 1.165) is 23.9 Å². The normalized spacial score (nSPS) is 23.1. The summed E-state index contributed by atoms with van der Waals surface area (Å²) in [6.45, 7) is 0. The summed E-state index contributed by atoms with van der Waals surface area (Å²) in [4.78, 5) is 0. The van der Waals surface area contributed by atoms with Crippen molar-refractivity contribution in [1.82, 2.24) is 0 Å². The lowest BCUT2D eigenvalue weighted by molar-refractivity contribution is 0.504. The topological polar surface area (TPSA) is 9.23 Å². The lowest BCUT2D eigenvalue weighted by atomic mass is 9.96. The van der Waals surface area contributed by atoms with Crippen LogP contribution in [-0.2, 0) is 4.52 Å². The molecule has 0 saturated carbocycles. The summed E-state index contributed by atoms with van der Waals surface area (Å²) in [6, 6.07) is 8.29. The molecule has 1 unspecified atom stereocenters. The number of benzene rings is 1. The van der Waals surface area contributed by atoms with Gasteiger partial charge in [-0.3, -0.25) is 0 Å². The Balaban J connectivity index is 2.20. The van der Waals surface area contributed by atoms with E-state index in [1.807, 2.05) is 12.1 Å². The Hall–Kier alpha value is -0.780. The molecule has 1 aliphatic heterocycles. The lowest BCUT2D eigenvalue weighted by Gasteiger charge is -2.27. The van der Waals surface area contributed by atoms with Crippen molar-refractivity contribution in [3.8, 4) is 0 Å². The van der Waals surface area contributed by atoms with Gasteiger partial charge in [0.1, 0.15) is 5.76 Å². The Morgan fingerprint density at radius 3 is 3.07 bits per heavy atom. The third-order valence-corrected chi connectivity index (χ3v) is 4.60. The number of rotatable bonds is 0. The fourth-order valence-electron chi connectivity index (χ4n) is 2.01. The van der Waals surface area contributed by atoms with Gasteiger partial charge in [0, 0.05) is 10.9 Å². The lowest BCUT2D eigenvalue weighted by Crippen LogP contribution is -2.14. The van der Waals surface area contributed by atoms with Crippen molar-refractivity contribution >= 4 is 29.6 Å². The second-order valence-corrected chi connectivity index (χ2v) is 5.71. The molecule has 0 N–H and O–H groups in total. The van der Waals surface area contributed by atoms with E-state index in [-0.39, 0.29) is 0 Å². The SMILES string of the molecule is ClP1OC2=C(CCC=C2)c2ccccc21. The van der Waals surface area contributed by atoms with Crippen molar-refractivity contribution in [1.29, 1.82) is 0 Å². The first-order valence-corrected chi connectivity index (χ1v) is 7.16. The van der Waals surface area contributed by atoms with Crippen molar-refractivity contribution in [3.05, 3.63) is 47.7 Å². The summed E-state index contributed by atoms with van der Waals surface area (Å²) in [5.41, 5.74) is 2.59. The number of hydrogen-bond acceptors (Lipinski definition) is 1. The molecule has 0 spiro atoms. The maximum atomic E-state index is 6.24. The maximum Gasteiger partial charge on any atom is 0.215 e. The van der Waals surface area contributed by atoms with Gasteiger partial charge in [-0.1, -0.05) is 24.3 Å². The van der Waals surface area contributed by atoms with E-state index in [9.17, 15) is 0 Å². The van der Waals surface area contributed by atoms with Gasteiger partial charge in [-0.25, -0.2) is 0 Å². The molecule has 3 heteroatoms. The van der Waals surface area contributed by atoms with E-state index in [1.54, 1.807) is 0 Å². The van der Waals surface area contributed by atoms with Crippen LogP contribution >= 0.6 is 18.7 Å². The highest BCUT2D eigenvalue weighted by Gasteiger charge is 2.26.